The quantitative estimate of drug-likeness (QED) is 0.134. The third-order valence-electron chi connectivity index (χ3n) is 10.2. The van der Waals surface area contributed by atoms with Crippen LogP contribution >= 0.6 is 23.2 Å². The van der Waals surface area contributed by atoms with E-state index in [9.17, 15) is 19.9 Å². The number of aromatic amines is 1. The topological polar surface area (TPSA) is 144 Å². The van der Waals surface area contributed by atoms with Crippen LogP contribution in [0.3, 0.4) is 0 Å². The minimum atomic E-state index is -1.38. The number of fused-ring (bicyclic) bond motifs is 4. The summed E-state index contributed by atoms with van der Waals surface area (Å²) in [5.74, 6) is -0.830. The standard InChI is InChI=1S/C38H37Cl2N5O7/c1-50-33-9-7-24(15-34(33)51-2)27(16-29-30(39)19-44(49)20-31(29)40)28-14-22(6-8-26(28)37(46)47)18-45(32-5-3-4-25-17-41-42-36(25)32)38(48)52-35-21-43-12-10-23(35)11-13-43/h3-9,14-15,17,19-20,23,27,35H,10-13,16,18,21H2,1-2H3,(H2-,41,42,46,47,49)/t27-,35-/m0/s1. The lowest BCUT2D eigenvalue weighted by atomic mass is 9.82. The highest BCUT2D eigenvalue weighted by atomic mass is 35.5. The molecule has 52 heavy (non-hydrogen) atoms. The maximum atomic E-state index is 14.2. The summed E-state index contributed by atoms with van der Waals surface area (Å²) in [6, 6.07) is 15.8. The number of H-pyrrole nitrogens is 1. The number of carboxylic acids is 1. The number of carbonyl (C=O) groups is 2. The van der Waals surface area contributed by atoms with Crippen LogP contribution in [0, 0.1) is 5.92 Å². The largest absolute Gasteiger partial charge is 0.545 e. The van der Waals surface area contributed by atoms with Crippen molar-refractivity contribution in [3.8, 4) is 11.5 Å². The molecule has 3 aliphatic heterocycles. The minimum Gasteiger partial charge on any atom is -0.545 e. The van der Waals surface area contributed by atoms with Crippen LogP contribution in [0.2, 0.25) is 10.0 Å². The van der Waals surface area contributed by atoms with E-state index in [1.807, 2.05) is 24.3 Å². The van der Waals surface area contributed by atoms with Crippen LogP contribution in [-0.2, 0) is 17.7 Å². The number of halogens is 2. The van der Waals surface area contributed by atoms with Gasteiger partial charge < -0.3 is 24.1 Å². The Balaban J connectivity index is 1.32. The molecule has 8 rings (SSSR count). The van der Waals surface area contributed by atoms with Gasteiger partial charge in [0.1, 0.15) is 16.1 Å². The summed E-state index contributed by atoms with van der Waals surface area (Å²) in [6.07, 6.45) is 5.65. The summed E-state index contributed by atoms with van der Waals surface area (Å²) in [5, 5.41) is 31.2. The van der Waals surface area contributed by atoms with Crippen LogP contribution in [0.4, 0.5) is 10.5 Å². The number of benzene rings is 3. The van der Waals surface area contributed by atoms with Crippen LogP contribution in [-0.4, -0.2) is 72.3 Å². The van der Waals surface area contributed by atoms with Crippen molar-refractivity contribution in [1.29, 1.82) is 0 Å². The number of methoxy groups -OCH3 is 2. The second-order valence-electron chi connectivity index (χ2n) is 13.2. The molecule has 2 bridgehead atoms. The number of nitrogens with one attached hydrogen (secondary N) is 1. The summed E-state index contributed by atoms with van der Waals surface area (Å²) < 4.78 is 18.1. The first-order chi connectivity index (χ1) is 25.1. The average molecular weight is 747 g/mol. The van der Waals surface area contributed by atoms with E-state index in [1.54, 1.807) is 35.4 Å². The molecule has 0 saturated carbocycles. The number of anilines is 1. The van der Waals surface area contributed by atoms with Gasteiger partial charge in [0.15, 0.2) is 11.5 Å². The lowest BCUT2D eigenvalue weighted by Crippen LogP contribution is -2.53. The highest BCUT2D eigenvalue weighted by Gasteiger charge is 2.38. The number of carboxylic acid groups (broad SMARTS) is 1. The molecule has 2 aromatic heterocycles. The Kier molecular flexibility index (Phi) is 10.1. The molecule has 0 spiro atoms. The summed E-state index contributed by atoms with van der Waals surface area (Å²) >= 11 is 13.2. The number of hydrogen-bond acceptors (Lipinski definition) is 9. The molecule has 3 aliphatic rings. The Morgan fingerprint density at radius 2 is 1.81 bits per heavy atom. The molecule has 5 heterocycles. The Hall–Kier alpha value is -5.04. The molecule has 12 nitrogen and oxygen atoms in total. The number of amides is 1. The van der Waals surface area contributed by atoms with Gasteiger partial charge in [0.25, 0.3) is 0 Å². The van der Waals surface area contributed by atoms with E-state index in [0.29, 0.717) is 57.4 Å². The number of piperidine rings is 3. The van der Waals surface area contributed by atoms with E-state index in [4.69, 9.17) is 37.4 Å². The Morgan fingerprint density at radius 3 is 2.48 bits per heavy atom. The number of hydrogen-bond donors (Lipinski definition) is 2. The SMILES string of the molecule is COc1ccc([C@H](Cc2c(Cl)c[n+](O)cc2Cl)c2cc(CN(C(=O)O[C@H]3CN4CCC3CC4)c3cccc4cn[nH]c34)ccc2C(=O)[O-])cc1OC. The fraction of sp³-hybridized carbons (Fsp3) is 0.316. The number of para-hydroxylation sites is 1. The van der Waals surface area contributed by atoms with Gasteiger partial charge in [0.05, 0.1) is 44.1 Å². The zero-order chi connectivity index (χ0) is 36.5. The molecule has 0 unspecified atom stereocenters. The van der Waals surface area contributed by atoms with Gasteiger partial charge in [-0.05, 0) is 73.2 Å². The molecule has 14 heteroatoms. The van der Waals surface area contributed by atoms with Gasteiger partial charge in [0, 0.05) is 33.7 Å². The molecule has 2 N–H and O–H groups in total. The van der Waals surface area contributed by atoms with Gasteiger partial charge in [0.2, 0.25) is 12.4 Å². The maximum Gasteiger partial charge on any atom is 0.414 e. The maximum absolute atomic E-state index is 14.2. The van der Waals surface area contributed by atoms with E-state index in [1.165, 1.54) is 32.7 Å². The van der Waals surface area contributed by atoms with E-state index < -0.39 is 18.0 Å². The second kappa shape index (κ2) is 14.9. The number of pyridine rings is 1. The van der Waals surface area contributed by atoms with Crippen LogP contribution in [0.25, 0.3) is 10.9 Å². The number of aromatic carboxylic acids is 1. The molecule has 2 atom stereocenters. The predicted molar refractivity (Wildman–Crippen MR) is 191 cm³/mol. The van der Waals surface area contributed by atoms with E-state index in [-0.39, 0.29) is 34.7 Å². The van der Waals surface area contributed by atoms with Gasteiger partial charge in [-0.2, -0.15) is 5.10 Å². The fourth-order valence-corrected chi connectivity index (χ4v) is 8.05. The van der Waals surface area contributed by atoms with Crippen molar-refractivity contribution >= 4 is 51.9 Å². The van der Waals surface area contributed by atoms with Gasteiger partial charge in [-0.25, -0.2) is 4.79 Å². The van der Waals surface area contributed by atoms with Crippen LogP contribution < -0.4 is 24.2 Å². The molecule has 0 aliphatic carbocycles. The molecule has 5 aromatic rings. The molecule has 270 valence electrons. The molecule has 3 fully saturated rings. The van der Waals surface area contributed by atoms with Gasteiger partial charge in [-0.15, -0.1) is 0 Å². The van der Waals surface area contributed by atoms with E-state index in [0.717, 1.165) is 36.0 Å². The lowest BCUT2D eigenvalue weighted by molar-refractivity contribution is -0.904. The number of carbonyl (C=O) groups excluding carboxylic acids is 2. The molecular weight excluding hydrogens is 709 g/mol. The molecule has 3 saturated heterocycles. The monoisotopic (exact) mass is 745 g/mol. The zero-order valence-corrected chi connectivity index (χ0v) is 30.1. The fourth-order valence-electron chi connectivity index (χ4n) is 7.45. The van der Waals surface area contributed by atoms with Crippen molar-refractivity contribution in [2.24, 2.45) is 5.92 Å². The van der Waals surface area contributed by atoms with Crippen molar-refractivity contribution < 1.29 is 38.8 Å². The summed E-state index contributed by atoms with van der Waals surface area (Å²) in [4.78, 5) is 30.8. The van der Waals surface area contributed by atoms with Crippen LogP contribution in [0.15, 0.2) is 73.2 Å². The van der Waals surface area contributed by atoms with Gasteiger partial charge in [-0.1, -0.05) is 59.6 Å². The number of nitrogens with zero attached hydrogens (tertiary/aromatic N) is 4. The second-order valence-corrected chi connectivity index (χ2v) is 14.0. The van der Waals surface area contributed by atoms with Crippen LogP contribution in [0.1, 0.15) is 51.4 Å². The number of aromatic nitrogens is 3. The first-order valence-corrected chi connectivity index (χ1v) is 17.7. The first-order valence-electron chi connectivity index (χ1n) is 16.9. The van der Waals surface area contributed by atoms with Crippen molar-refractivity contribution in [2.75, 3.05) is 38.8 Å². The smallest absolute Gasteiger partial charge is 0.414 e. The van der Waals surface area contributed by atoms with Gasteiger partial charge >= 0.3 is 6.09 Å². The van der Waals surface area contributed by atoms with Gasteiger partial charge in [-0.3, -0.25) is 20.1 Å². The van der Waals surface area contributed by atoms with Crippen molar-refractivity contribution in [1.82, 2.24) is 15.1 Å². The summed E-state index contributed by atoms with van der Waals surface area (Å²) in [6.45, 7) is 2.75. The normalized spacial score (nSPS) is 18.6. The molecular formula is C38H37Cl2N5O7. The number of ether oxygens (including phenoxy) is 3. The Bertz CT molecular complexity index is 2110. The van der Waals surface area contributed by atoms with Crippen LogP contribution in [0.5, 0.6) is 11.5 Å². The highest BCUT2D eigenvalue weighted by Crippen LogP contribution is 2.40. The molecule has 0 radical (unpaired) electrons. The van der Waals surface area contributed by atoms with Crippen molar-refractivity contribution in [2.45, 2.75) is 37.8 Å². The third-order valence-corrected chi connectivity index (χ3v) is 10.8. The number of rotatable bonds is 11. The first kappa shape index (κ1) is 35.4. The van der Waals surface area contributed by atoms with Crippen molar-refractivity contribution in [3.05, 3.63) is 111 Å². The predicted octanol–water partition coefficient (Wildman–Crippen LogP) is 5.39. The average Bonchev–Trinajstić information content (AvgIpc) is 3.63. The third kappa shape index (κ3) is 7.06. The lowest BCUT2D eigenvalue weighted by Gasteiger charge is -2.44. The molecule has 3 aromatic carbocycles. The Morgan fingerprint density at radius 1 is 1.06 bits per heavy atom. The molecule has 1 amide bonds. The van der Waals surface area contributed by atoms with E-state index >= 15 is 0 Å². The van der Waals surface area contributed by atoms with Crippen molar-refractivity contribution in [3.63, 3.8) is 0 Å². The Labute approximate surface area is 310 Å². The van der Waals surface area contributed by atoms with E-state index in [2.05, 4.69) is 15.1 Å². The summed E-state index contributed by atoms with van der Waals surface area (Å²) in [5.41, 5.74) is 3.36. The zero-order valence-electron chi connectivity index (χ0n) is 28.6. The highest BCUT2D eigenvalue weighted by molar-refractivity contribution is 6.35. The minimum absolute atomic E-state index is 0.0500. The summed E-state index contributed by atoms with van der Waals surface area (Å²) in [7, 11) is 3.04.